The van der Waals surface area contributed by atoms with E-state index in [0.29, 0.717) is 12.8 Å². The Morgan fingerprint density at radius 1 is 1.27 bits per heavy atom. The highest BCUT2D eigenvalue weighted by atomic mass is 32.2. The van der Waals surface area contributed by atoms with E-state index in [9.17, 15) is 13.5 Å². The number of hydrogen-bond donors (Lipinski definition) is 3. The van der Waals surface area contributed by atoms with Gasteiger partial charge in [0, 0.05) is 12.1 Å². The van der Waals surface area contributed by atoms with E-state index in [1.807, 2.05) is 0 Å². The van der Waals surface area contributed by atoms with Crippen molar-refractivity contribution in [2.24, 2.45) is 0 Å². The lowest BCUT2D eigenvalue weighted by Gasteiger charge is -2.28. The maximum Gasteiger partial charge on any atom is 0.277 e. The fourth-order valence-electron chi connectivity index (χ4n) is 1.79. The highest BCUT2D eigenvalue weighted by Crippen LogP contribution is 2.18. The Hall–Kier alpha value is -0.170. The normalized spacial score (nSPS) is 28.3. The average molecular weight is 236 g/mol. The Balaban J connectivity index is 2.52. The van der Waals surface area contributed by atoms with Gasteiger partial charge in [-0.05, 0) is 26.7 Å². The molecule has 1 rings (SSSR count). The van der Waals surface area contributed by atoms with Gasteiger partial charge in [-0.2, -0.15) is 17.9 Å². The maximum absolute atomic E-state index is 11.5. The largest absolute Gasteiger partial charge is 0.391 e. The molecule has 0 bridgehead atoms. The van der Waals surface area contributed by atoms with Gasteiger partial charge < -0.3 is 5.11 Å². The predicted molar refractivity (Wildman–Crippen MR) is 58.6 cm³/mol. The van der Waals surface area contributed by atoms with Crippen LogP contribution in [-0.2, 0) is 10.2 Å². The second-order valence-electron chi connectivity index (χ2n) is 4.35. The summed E-state index contributed by atoms with van der Waals surface area (Å²) in [6.45, 7) is 3.52. The van der Waals surface area contributed by atoms with Crippen LogP contribution in [0.4, 0.5) is 0 Å². The summed E-state index contributed by atoms with van der Waals surface area (Å²) in [5, 5.41) is 9.61. The highest BCUT2D eigenvalue weighted by molar-refractivity contribution is 7.87. The number of nitrogens with one attached hydrogen (secondary N) is 2. The zero-order valence-electron chi connectivity index (χ0n) is 9.23. The van der Waals surface area contributed by atoms with Crippen molar-refractivity contribution < 1.29 is 13.5 Å². The first kappa shape index (κ1) is 12.9. The zero-order chi connectivity index (χ0) is 11.5. The van der Waals surface area contributed by atoms with Gasteiger partial charge in [0.15, 0.2) is 0 Å². The molecule has 0 aromatic rings. The molecule has 0 radical (unpaired) electrons. The minimum Gasteiger partial charge on any atom is -0.391 e. The summed E-state index contributed by atoms with van der Waals surface area (Å²) in [4.78, 5) is 0. The van der Waals surface area contributed by atoms with E-state index in [1.165, 1.54) is 0 Å². The third kappa shape index (κ3) is 4.46. The molecule has 0 amide bonds. The molecular weight excluding hydrogens is 216 g/mol. The van der Waals surface area contributed by atoms with E-state index < -0.39 is 16.3 Å². The molecule has 1 fully saturated rings. The van der Waals surface area contributed by atoms with Crippen LogP contribution in [0.1, 0.15) is 39.5 Å². The van der Waals surface area contributed by atoms with Gasteiger partial charge in [-0.3, -0.25) is 0 Å². The van der Waals surface area contributed by atoms with Crippen molar-refractivity contribution in [3.8, 4) is 0 Å². The van der Waals surface area contributed by atoms with Crippen molar-refractivity contribution in [1.29, 1.82) is 0 Å². The summed E-state index contributed by atoms with van der Waals surface area (Å²) < 4.78 is 28.0. The monoisotopic (exact) mass is 236 g/mol. The summed E-state index contributed by atoms with van der Waals surface area (Å²) in [5.74, 6) is 0. The molecule has 90 valence electrons. The third-order valence-electron chi connectivity index (χ3n) is 2.43. The molecule has 0 aromatic heterocycles. The fraction of sp³-hybridized carbons (Fsp3) is 1.00. The quantitative estimate of drug-likeness (QED) is 0.649. The van der Waals surface area contributed by atoms with Crippen molar-refractivity contribution in [1.82, 2.24) is 9.44 Å². The van der Waals surface area contributed by atoms with Crippen LogP contribution in [0.5, 0.6) is 0 Å². The van der Waals surface area contributed by atoms with E-state index in [-0.39, 0.29) is 12.1 Å². The minimum absolute atomic E-state index is 0.136. The van der Waals surface area contributed by atoms with E-state index in [0.717, 1.165) is 12.8 Å². The van der Waals surface area contributed by atoms with Gasteiger partial charge in [0.2, 0.25) is 0 Å². The lowest BCUT2D eigenvalue weighted by molar-refractivity contribution is 0.101. The Labute approximate surface area is 91.4 Å². The third-order valence-corrected chi connectivity index (χ3v) is 3.82. The Morgan fingerprint density at radius 3 is 2.40 bits per heavy atom. The smallest absolute Gasteiger partial charge is 0.277 e. The Morgan fingerprint density at radius 2 is 1.87 bits per heavy atom. The van der Waals surface area contributed by atoms with Gasteiger partial charge in [-0.25, -0.2) is 0 Å². The molecule has 2 atom stereocenters. The molecule has 0 aromatic carbocycles. The van der Waals surface area contributed by atoms with Gasteiger partial charge in [0.25, 0.3) is 10.2 Å². The SMILES string of the molecule is CC(C)NS(=O)(=O)N[C@H]1CCCC[C@@H]1O. The van der Waals surface area contributed by atoms with Crippen LogP contribution in [0.15, 0.2) is 0 Å². The second kappa shape index (κ2) is 5.25. The Kier molecular flexibility index (Phi) is 4.51. The number of aliphatic hydroxyl groups is 1. The van der Waals surface area contributed by atoms with Gasteiger partial charge in [0.05, 0.1) is 6.10 Å². The molecule has 3 N–H and O–H groups in total. The average Bonchev–Trinajstić information content (AvgIpc) is 2.06. The van der Waals surface area contributed by atoms with Crippen LogP contribution in [0, 0.1) is 0 Å². The van der Waals surface area contributed by atoms with Gasteiger partial charge in [-0.1, -0.05) is 12.8 Å². The van der Waals surface area contributed by atoms with E-state index >= 15 is 0 Å². The van der Waals surface area contributed by atoms with Crippen LogP contribution in [0.25, 0.3) is 0 Å². The summed E-state index contributed by atoms with van der Waals surface area (Å²) in [5.41, 5.74) is 0. The molecule has 1 aliphatic rings. The summed E-state index contributed by atoms with van der Waals surface area (Å²) in [6.07, 6.45) is 2.76. The lowest BCUT2D eigenvalue weighted by Crippen LogP contribution is -2.50. The zero-order valence-corrected chi connectivity index (χ0v) is 10.0. The first-order chi connectivity index (χ1) is 6.91. The molecule has 6 heteroatoms. The number of hydrogen-bond acceptors (Lipinski definition) is 3. The molecule has 0 aliphatic heterocycles. The van der Waals surface area contributed by atoms with Crippen LogP contribution < -0.4 is 9.44 Å². The maximum atomic E-state index is 11.5. The molecule has 1 aliphatic carbocycles. The van der Waals surface area contributed by atoms with Gasteiger partial charge in [-0.15, -0.1) is 0 Å². The van der Waals surface area contributed by atoms with Crippen LogP contribution >= 0.6 is 0 Å². The number of rotatable bonds is 4. The molecule has 0 heterocycles. The van der Waals surface area contributed by atoms with Crippen LogP contribution in [0.2, 0.25) is 0 Å². The molecule has 15 heavy (non-hydrogen) atoms. The van der Waals surface area contributed by atoms with Gasteiger partial charge in [0.1, 0.15) is 0 Å². The standard InChI is InChI=1S/C9H20N2O3S/c1-7(2)10-15(13,14)11-8-5-3-4-6-9(8)12/h7-12H,3-6H2,1-2H3/t8-,9-/m0/s1. The van der Waals surface area contributed by atoms with E-state index in [2.05, 4.69) is 9.44 Å². The summed E-state index contributed by atoms with van der Waals surface area (Å²) >= 11 is 0. The molecule has 0 saturated heterocycles. The molecular formula is C9H20N2O3S. The lowest BCUT2D eigenvalue weighted by atomic mass is 9.93. The van der Waals surface area contributed by atoms with Crippen molar-refractivity contribution in [2.75, 3.05) is 0 Å². The molecule has 1 saturated carbocycles. The molecule has 0 unspecified atom stereocenters. The van der Waals surface area contributed by atoms with Crippen molar-refractivity contribution in [2.45, 2.75) is 57.7 Å². The minimum atomic E-state index is -3.47. The summed E-state index contributed by atoms with van der Waals surface area (Å²) in [7, 11) is -3.47. The van der Waals surface area contributed by atoms with E-state index in [4.69, 9.17) is 0 Å². The van der Waals surface area contributed by atoms with Crippen molar-refractivity contribution in [3.63, 3.8) is 0 Å². The van der Waals surface area contributed by atoms with Crippen LogP contribution in [-0.4, -0.2) is 31.7 Å². The fourth-order valence-corrected chi connectivity index (χ4v) is 3.15. The second-order valence-corrected chi connectivity index (χ2v) is 5.83. The highest BCUT2D eigenvalue weighted by Gasteiger charge is 2.27. The number of aliphatic hydroxyl groups excluding tert-OH is 1. The van der Waals surface area contributed by atoms with E-state index in [1.54, 1.807) is 13.8 Å². The van der Waals surface area contributed by atoms with Crippen LogP contribution in [0.3, 0.4) is 0 Å². The first-order valence-electron chi connectivity index (χ1n) is 5.38. The first-order valence-corrected chi connectivity index (χ1v) is 6.86. The topological polar surface area (TPSA) is 78.4 Å². The predicted octanol–water partition coefficient (Wildman–Crippen LogP) is 0.122. The molecule has 0 spiro atoms. The summed E-state index contributed by atoms with van der Waals surface area (Å²) in [6, 6.07) is -0.474. The van der Waals surface area contributed by atoms with Crippen molar-refractivity contribution in [3.05, 3.63) is 0 Å². The Bertz CT molecular complexity index is 290. The molecule has 5 nitrogen and oxygen atoms in total. The van der Waals surface area contributed by atoms with Gasteiger partial charge >= 0.3 is 0 Å². The van der Waals surface area contributed by atoms with Crippen molar-refractivity contribution >= 4 is 10.2 Å².